The maximum atomic E-state index is 12.4. The molecular weight excluding hydrogens is 290 g/mol. The van der Waals surface area contributed by atoms with Gasteiger partial charge in [0.25, 0.3) is 5.91 Å². The second-order valence-corrected chi connectivity index (χ2v) is 5.63. The third kappa shape index (κ3) is 4.49. The zero-order chi connectivity index (χ0) is 16.8. The lowest BCUT2D eigenvalue weighted by Crippen LogP contribution is -2.27. The Morgan fingerprint density at radius 1 is 1.04 bits per heavy atom. The Bertz CT molecular complexity index is 667. The molecule has 0 radical (unpaired) electrons. The number of hydrogen-bond acceptors (Lipinski definition) is 3. The lowest BCUT2D eigenvalue weighted by molar-refractivity contribution is 0.0936. The van der Waals surface area contributed by atoms with E-state index in [0.717, 1.165) is 11.3 Å². The standard InChI is InChI=1S/C19H23NO3/c1-13(2)23-16-9-7-8-15(12-16)14(3)20-19(21)17-10-5-6-11-18(17)22-4/h5-14H,1-4H3,(H,20,21). The van der Waals surface area contributed by atoms with Crippen molar-refractivity contribution in [2.45, 2.75) is 32.9 Å². The van der Waals surface area contributed by atoms with E-state index in [2.05, 4.69) is 5.32 Å². The molecule has 1 unspecified atom stereocenters. The average molecular weight is 313 g/mol. The smallest absolute Gasteiger partial charge is 0.255 e. The van der Waals surface area contributed by atoms with Crippen molar-refractivity contribution < 1.29 is 14.3 Å². The number of benzene rings is 2. The largest absolute Gasteiger partial charge is 0.496 e. The molecule has 0 aliphatic heterocycles. The van der Waals surface area contributed by atoms with Crippen molar-refractivity contribution in [1.82, 2.24) is 5.32 Å². The summed E-state index contributed by atoms with van der Waals surface area (Å²) in [6.45, 7) is 5.92. The molecule has 2 aromatic rings. The molecule has 0 fully saturated rings. The van der Waals surface area contributed by atoms with Crippen LogP contribution in [0.25, 0.3) is 0 Å². The van der Waals surface area contributed by atoms with Crippen LogP contribution in [-0.4, -0.2) is 19.1 Å². The molecule has 0 aromatic heterocycles. The SMILES string of the molecule is COc1ccccc1C(=O)NC(C)c1cccc(OC(C)C)c1. The van der Waals surface area contributed by atoms with E-state index in [9.17, 15) is 4.79 Å². The van der Waals surface area contributed by atoms with Crippen molar-refractivity contribution in [3.05, 3.63) is 59.7 Å². The van der Waals surface area contributed by atoms with Crippen molar-refractivity contribution in [2.75, 3.05) is 7.11 Å². The van der Waals surface area contributed by atoms with Gasteiger partial charge >= 0.3 is 0 Å². The summed E-state index contributed by atoms with van der Waals surface area (Å²) in [5.41, 5.74) is 1.52. The molecule has 0 saturated heterocycles. The molecule has 0 aliphatic rings. The third-order valence-corrected chi connectivity index (χ3v) is 3.43. The monoisotopic (exact) mass is 313 g/mol. The van der Waals surface area contributed by atoms with E-state index < -0.39 is 0 Å². The van der Waals surface area contributed by atoms with E-state index in [4.69, 9.17) is 9.47 Å². The summed E-state index contributed by atoms with van der Waals surface area (Å²) in [6.07, 6.45) is 0.115. The number of carbonyl (C=O) groups is 1. The molecule has 0 heterocycles. The number of rotatable bonds is 6. The van der Waals surface area contributed by atoms with Crippen LogP contribution in [0.1, 0.15) is 42.7 Å². The van der Waals surface area contributed by atoms with Gasteiger partial charge in [0.05, 0.1) is 24.8 Å². The lowest BCUT2D eigenvalue weighted by atomic mass is 10.1. The second-order valence-electron chi connectivity index (χ2n) is 5.63. The van der Waals surface area contributed by atoms with Crippen LogP contribution in [0, 0.1) is 0 Å². The Kier molecular flexibility index (Phi) is 5.63. The molecule has 2 aromatic carbocycles. The number of carbonyl (C=O) groups excluding carboxylic acids is 1. The fourth-order valence-electron chi connectivity index (χ4n) is 2.32. The Hall–Kier alpha value is -2.49. The summed E-state index contributed by atoms with van der Waals surface area (Å²) in [5, 5.41) is 2.99. The molecular formula is C19H23NO3. The van der Waals surface area contributed by atoms with Gasteiger partial charge in [-0.1, -0.05) is 24.3 Å². The predicted octanol–water partition coefficient (Wildman–Crippen LogP) is 3.97. The van der Waals surface area contributed by atoms with Gasteiger partial charge in [0, 0.05) is 0 Å². The first-order chi connectivity index (χ1) is 11.0. The lowest BCUT2D eigenvalue weighted by Gasteiger charge is -2.17. The van der Waals surface area contributed by atoms with Crippen molar-refractivity contribution in [3.8, 4) is 11.5 Å². The highest BCUT2D eigenvalue weighted by molar-refractivity contribution is 5.97. The highest BCUT2D eigenvalue weighted by Gasteiger charge is 2.15. The summed E-state index contributed by atoms with van der Waals surface area (Å²) in [5.74, 6) is 1.20. The minimum atomic E-state index is -0.162. The molecule has 1 atom stereocenters. The van der Waals surface area contributed by atoms with Crippen LogP contribution in [-0.2, 0) is 0 Å². The molecule has 122 valence electrons. The zero-order valence-corrected chi connectivity index (χ0v) is 14.0. The van der Waals surface area contributed by atoms with E-state index in [1.54, 1.807) is 19.2 Å². The second kappa shape index (κ2) is 7.68. The van der Waals surface area contributed by atoms with Crippen molar-refractivity contribution in [2.24, 2.45) is 0 Å². The van der Waals surface area contributed by atoms with Gasteiger partial charge in [0.2, 0.25) is 0 Å². The van der Waals surface area contributed by atoms with Crippen LogP contribution in [0.5, 0.6) is 11.5 Å². The van der Waals surface area contributed by atoms with Gasteiger partial charge in [-0.15, -0.1) is 0 Å². The number of hydrogen-bond donors (Lipinski definition) is 1. The van der Waals surface area contributed by atoms with E-state index >= 15 is 0 Å². The third-order valence-electron chi connectivity index (χ3n) is 3.43. The van der Waals surface area contributed by atoms with E-state index in [1.165, 1.54) is 0 Å². The summed E-state index contributed by atoms with van der Waals surface area (Å²) in [4.78, 5) is 12.4. The van der Waals surface area contributed by atoms with Gasteiger partial charge < -0.3 is 14.8 Å². The summed E-state index contributed by atoms with van der Waals surface area (Å²) < 4.78 is 10.9. The van der Waals surface area contributed by atoms with Crippen LogP contribution < -0.4 is 14.8 Å². The van der Waals surface area contributed by atoms with E-state index in [-0.39, 0.29) is 18.1 Å². The fraction of sp³-hybridized carbons (Fsp3) is 0.316. The van der Waals surface area contributed by atoms with Gasteiger partial charge in [0.1, 0.15) is 11.5 Å². The fourth-order valence-corrected chi connectivity index (χ4v) is 2.32. The topological polar surface area (TPSA) is 47.6 Å². The van der Waals surface area contributed by atoms with Gasteiger partial charge in [-0.25, -0.2) is 0 Å². The Labute approximate surface area is 137 Å². The number of methoxy groups -OCH3 is 1. The van der Waals surface area contributed by atoms with Gasteiger partial charge in [-0.05, 0) is 50.6 Å². The highest BCUT2D eigenvalue weighted by atomic mass is 16.5. The zero-order valence-electron chi connectivity index (χ0n) is 14.0. The maximum Gasteiger partial charge on any atom is 0.255 e. The minimum Gasteiger partial charge on any atom is -0.496 e. The Morgan fingerprint density at radius 3 is 2.48 bits per heavy atom. The number of ether oxygens (including phenoxy) is 2. The van der Waals surface area contributed by atoms with Crippen LogP contribution in [0.4, 0.5) is 0 Å². The quantitative estimate of drug-likeness (QED) is 0.877. The van der Waals surface area contributed by atoms with Crippen LogP contribution in [0.3, 0.4) is 0 Å². The van der Waals surface area contributed by atoms with Crippen LogP contribution in [0.2, 0.25) is 0 Å². The summed E-state index contributed by atoms with van der Waals surface area (Å²) in [6, 6.07) is 14.8. The molecule has 0 bridgehead atoms. The summed E-state index contributed by atoms with van der Waals surface area (Å²) in [7, 11) is 1.56. The molecule has 1 N–H and O–H groups in total. The molecule has 23 heavy (non-hydrogen) atoms. The van der Waals surface area contributed by atoms with E-state index in [0.29, 0.717) is 11.3 Å². The average Bonchev–Trinajstić information content (AvgIpc) is 2.54. The number of amides is 1. The molecule has 0 saturated carbocycles. The molecule has 0 aliphatic carbocycles. The molecule has 2 rings (SSSR count). The Morgan fingerprint density at radius 2 is 1.78 bits per heavy atom. The van der Waals surface area contributed by atoms with Gasteiger partial charge in [0.15, 0.2) is 0 Å². The number of para-hydroxylation sites is 1. The molecule has 4 nitrogen and oxygen atoms in total. The van der Waals surface area contributed by atoms with Gasteiger partial charge in [-0.2, -0.15) is 0 Å². The van der Waals surface area contributed by atoms with Gasteiger partial charge in [-0.3, -0.25) is 4.79 Å². The molecule has 0 spiro atoms. The minimum absolute atomic E-state index is 0.115. The van der Waals surface area contributed by atoms with E-state index in [1.807, 2.05) is 57.2 Å². The molecule has 1 amide bonds. The highest BCUT2D eigenvalue weighted by Crippen LogP contribution is 2.22. The van der Waals surface area contributed by atoms with Crippen molar-refractivity contribution >= 4 is 5.91 Å². The van der Waals surface area contributed by atoms with Crippen LogP contribution >= 0.6 is 0 Å². The number of nitrogens with one attached hydrogen (secondary N) is 1. The first kappa shape index (κ1) is 16.9. The Balaban J connectivity index is 2.12. The predicted molar refractivity (Wildman–Crippen MR) is 91.1 cm³/mol. The van der Waals surface area contributed by atoms with Crippen molar-refractivity contribution in [3.63, 3.8) is 0 Å². The molecule has 4 heteroatoms. The summed E-state index contributed by atoms with van der Waals surface area (Å²) >= 11 is 0. The van der Waals surface area contributed by atoms with Crippen LogP contribution in [0.15, 0.2) is 48.5 Å². The maximum absolute atomic E-state index is 12.4. The van der Waals surface area contributed by atoms with Crippen molar-refractivity contribution in [1.29, 1.82) is 0 Å². The first-order valence-corrected chi connectivity index (χ1v) is 7.71. The first-order valence-electron chi connectivity index (χ1n) is 7.71. The normalized spacial score (nSPS) is 11.9.